The summed E-state index contributed by atoms with van der Waals surface area (Å²) in [4.78, 5) is 24.0. The molecular formula is C20H22N2O3. The number of carbonyl (C=O) groups is 2. The van der Waals surface area contributed by atoms with Crippen molar-refractivity contribution in [1.29, 1.82) is 0 Å². The number of hydrogen-bond donors (Lipinski definition) is 2. The first-order valence-corrected chi connectivity index (χ1v) is 8.08. The maximum Gasteiger partial charge on any atom is 0.272 e. The normalized spacial score (nSPS) is 10.9. The van der Waals surface area contributed by atoms with Gasteiger partial charge in [-0.05, 0) is 55.3 Å². The van der Waals surface area contributed by atoms with Crippen molar-refractivity contribution in [3.05, 3.63) is 65.4 Å². The standard InChI is InChI=1S/C20H22N2O3/c1-4-25-18-11-9-17(10-12-18)22-20(24)19(21-15(3)23)13-16-8-6-5-7-14(16)2/h5-13H,4H2,1-3H3,(H,21,23)(H,22,24). The number of nitrogens with one attached hydrogen (secondary N) is 2. The molecule has 0 aliphatic heterocycles. The zero-order chi connectivity index (χ0) is 18.2. The summed E-state index contributed by atoms with van der Waals surface area (Å²) in [5.41, 5.74) is 2.69. The van der Waals surface area contributed by atoms with Gasteiger partial charge >= 0.3 is 0 Å². The Morgan fingerprint density at radius 1 is 1.08 bits per heavy atom. The zero-order valence-electron chi connectivity index (χ0n) is 14.6. The molecule has 0 aliphatic rings. The summed E-state index contributed by atoms with van der Waals surface area (Å²) < 4.78 is 5.38. The van der Waals surface area contributed by atoms with Crippen LogP contribution < -0.4 is 15.4 Å². The van der Waals surface area contributed by atoms with Crippen molar-refractivity contribution < 1.29 is 14.3 Å². The molecular weight excluding hydrogens is 316 g/mol. The molecule has 0 atom stereocenters. The molecule has 2 aromatic carbocycles. The fourth-order valence-corrected chi connectivity index (χ4v) is 2.25. The van der Waals surface area contributed by atoms with E-state index in [1.165, 1.54) is 6.92 Å². The first-order chi connectivity index (χ1) is 12.0. The van der Waals surface area contributed by atoms with Crippen LogP contribution in [0.1, 0.15) is 25.0 Å². The van der Waals surface area contributed by atoms with Gasteiger partial charge in [-0.15, -0.1) is 0 Å². The lowest BCUT2D eigenvalue weighted by atomic mass is 10.1. The van der Waals surface area contributed by atoms with Gasteiger partial charge < -0.3 is 15.4 Å². The number of hydrogen-bond acceptors (Lipinski definition) is 3. The predicted octanol–water partition coefficient (Wildman–Crippen LogP) is 3.51. The van der Waals surface area contributed by atoms with Crippen molar-refractivity contribution >= 4 is 23.6 Å². The van der Waals surface area contributed by atoms with E-state index in [9.17, 15) is 9.59 Å². The second kappa shape index (κ2) is 8.68. The van der Waals surface area contributed by atoms with E-state index in [2.05, 4.69) is 10.6 Å². The van der Waals surface area contributed by atoms with Gasteiger partial charge in [-0.25, -0.2) is 0 Å². The molecule has 130 valence electrons. The molecule has 0 saturated heterocycles. The Labute approximate surface area is 147 Å². The number of rotatable bonds is 6. The van der Waals surface area contributed by atoms with Crippen LogP contribution in [-0.2, 0) is 9.59 Å². The molecule has 25 heavy (non-hydrogen) atoms. The second-order valence-electron chi connectivity index (χ2n) is 5.51. The van der Waals surface area contributed by atoms with Crippen LogP contribution in [0.3, 0.4) is 0 Å². The molecule has 0 radical (unpaired) electrons. The molecule has 0 bridgehead atoms. The van der Waals surface area contributed by atoms with Crippen LogP contribution in [0.5, 0.6) is 5.75 Å². The van der Waals surface area contributed by atoms with Crippen molar-refractivity contribution in [2.24, 2.45) is 0 Å². The lowest BCUT2D eigenvalue weighted by molar-refractivity contribution is -0.120. The Kier molecular flexibility index (Phi) is 6.34. The fourth-order valence-electron chi connectivity index (χ4n) is 2.25. The summed E-state index contributed by atoms with van der Waals surface area (Å²) in [5.74, 6) is 0.0438. The number of amides is 2. The fraction of sp³-hybridized carbons (Fsp3) is 0.200. The van der Waals surface area contributed by atoms with Gasteiger partial charge in [-0.1, -0.05) is 24.3 Å². The highest BCUT2D eigenvalue weighted by Crippen LogP contribution is 2.17. The van der Waals surface area contributed by atoms with E-state index in [1.54, 1.807) is 30.3 Å². The molecule has 0 aliphatic carbocycles. The molecule has 0 saturated carbocycles. The summed E-state index contributed by atoms with van der Waals surface area (Å²) in [6.45, 7) is 5.81. The average Bonchev–Trinajstić information content (AvgIpc) is 2.58. The highest BCUT2D eigenvalue weighted by molar-refractivity contribution is 6.08. The minimum atomic E-state index is -0.386. The van der Waals surface area contributed by atoms with Crippen molar-refractivity contribution in [3.63, 3.8) is 0 Å². The van der Waals surface area contributed by atoms with Gasteiger partial charge in [0.15, 0.2) is 0 Å². The van der Waals surface area contributed by atoms with Gasteiger partial charge in [-0.2, -0.15) is 0 Å². The third-order valence-corrected chi connectivity index (χ3v) is 3.47. The van der Waals surface area contributed by atoms with Crippen LogP contribution in [0.15, 0.2) is 54.2 Å². The maximum absolute atomic E-state index is 12.5. The first-order valence-electron chi connectivity index (χ1n) is 8.08. The van der Waals surface area contributed by atoms with Gasteiger partial charge in [0.2, 0.25) is 5.91 Å². The quantitative estimate of drug-likeness (QED) is 0.792. The largest absolute Gasteiger partial charge is 0.494 e. The molecule has 2 amide bonds. The molecule has 0 spiro atoms. The van der Waals surface area contributed by atoms with Crippen molar-refractivity contribution in [3.8, 4) is 5.75 Å². The van der Waals surface area contributed by atoms with Gasteiger partial charge in [-0.3, -0.25) is 9.59 Å². The summed E-state index contributed by atoms with van der Waals surface area (Å²) in [5, 5.41) is 5.37. The number of benzene rings is 2. The summed E-state index contributed by atoms with van der Waals surface area (Å²) in [6.07, 6.45) is 1.67. The first kappa shape index (κ1) is 18.3. The van der Waals surface area contributed by atoms with E-state index in [1.807, 2.05) is 38.1 Å². The van der Waals surface area contributed by atoms with E-state index in [-0.39, 0.29) is 17.5 Å². The van der Waals surface area contributed by atoms with E-state index in [0.29, 0.717) is 12.3 Å². The molecule has 0 fully saturated rings. The summed E-state index contributed by atoms with van der Waals surface area (Å²) >= 11 is 0. The Hall–Kier alpha value is -3.08. The monoisotopic (exact) mass is 338 g/mol. The third kappa shape index (κ3) is 5.49. The van der Waals surface area contributed by atoms with Crippen LogP contribution in [0.4, 0.5) is 5.69 Å². The smallest absolute Gasteiger partial charge is 0.272 e. The molecule has 0 unspecified atom stereocenters. The van der Waals surface area contributed by atoms with Crippen LogP contribution in [0.25, 0.3) is 6.08 Å². The van der Waals surface area contributed by atoms with Gasteiger partial charge in [0, 0.05) is 12.6 Å². The van der Waals surface area contributed by atoms with Gasteiger partial charge in [0.05, 0.1) is 6.61 Å². The van der Waals surface area contributed by atoms with Gasteiger partial charge in [0.1, 0.15) is 11.4 Å². The Balaban J connectivity index is 2.21. The molecule has 0 heterocycles. The summed E-state index contributed by atoms with van der Waals surface area (Å²) in [6, 6.07) is 14.7. The Morgan fingerprint density at radius 3 is 2.36 bits per heavy atom. The van der Waals surface area contributed by atoms with E-state index < -0.39 is 0 Å². The van der Waals surface area contributed by atoms with E-state index >= 15 is 0 Å². The number of aryl methyl sites for hydroxylation is 1. The van der Waals surface area contributed by atoms with Crippen molar-refractivity contribution in [1.82, 2.24) is 5.32 Å². The maximum atomic E-state index is 12.5. The van der Waals surface area contributed by atoms with E-state index in [4.69, 9.17) is 4.74 Å². The van der Waals surface area contributed by atoms with Crippen LogP contribution >= 0.6 is 0 Å². The van der Waals surface area contributed by atoms with Crippen molar-refractivity contribution in [2.45, 2.75) is 20.8 Å². The zero-order valence-corrected chi connectivity index (χ0v) is 14.6. The molecule has 5 heteroatoms. The number of anilines is 1. The highest BCUT2D eigenvalue weighted by Gasteiger charge is 2.12. The Morgan fingerprint density at radius 2 is 1.76 bits per heavy atom. The van der Waals surface area contributed by atoms with Crippen LogP contribution in [-0.4, -0.2) is 18.4 Å². The molecule has 2 N–H and O–H groups in total. The summed E-state index contributed by atoms with van der Waals surface area (Å²) in [7, 11) is 0. The molecule has 2 rings (SSSR count). The van der Waals surface area contributed by atoms with E-state index in [0.717, 1.165) is 16.9 Å². The van der Waals surface area contributed by atoms with Crippen LogP contribution in [0.2, 0.25) is 0 Å². The Bertz CT molecular complexity index is 780. The lowest BCUT2D eigenvalue weighted by Gasteiger charge is -2.11. The third-order valence-electron chi connectivity index (χ3n) is 3.47. The van der Waals surface area contributed by atoms with Crippen LogP contribution in [0, 0.1) is 6.92 Å². The average molecular weight is 338 g/mol. The molecule has 0 aromatic heterocycles. The minimum Gasteiger partial charge on any atom is -0.494 e. The number of ether oxygens (including phenoxy) is 1. The highest BCUT2D eigenvalue weighted by atomic mass is 16.5. The number of carbonyl (C=O) groups excluding carboxylic acids is 2. The molecule has 2 aromatic rings. The predicted molar refractivity (Wildman–Crippen MR) is 99.2 cm³/mol. The van der Waals surface area contributed by atoms with Crippen molar-refractivity contribution in [2.75, 3.05) is 11.9 Å². The SMILES string of the molecule is CCOc1ccc(NC(=O)C(=Cc2ccccc2C)NC(C)=O)cc1. The minimum absolute atomic E-state index is 0.190. The topological polar surface area (TPSA) is 67.4 Å². The second-order valence-corrected chi connectivity index (χ2v) is 5.51. The molecule has 5 nitrogen and oxygen atoms in total. The lowest BCUT2D eigenvalue weighted by Crippen LogP contribution is -2.29. The van der Waals surface area contributed by atoms with Gasteiger partial charge in [0.25, 0.3) is 5.91 Å².